The Morgan fingerprint density at radius 2 is 2.36 bits per heavy atom. The van der Waals surface area contributed by atoms with Crippen LogP contribution in [-0.4, -0.2) is 51.6 Å². The molecule has 1 fully saturated rings. The molecule has 0 bridgehead atoms. The van der Waals surface area contributed by atoms with Gasteiger partial charge in [-0.3, -0.25) is 20.0 Å². The van der Waals surface area contributed by atoms with Crippen LogP contribution in [0.15, 0.2) is 16.8 Å². The van der Waals surface area contributed by atoms with Gasteiger partial charge in [0.2, 0.25) is 0 Å². The number of nitrogens with zero attached hydrogens (tertiary/aromatic N) is 5. The SMILES string of the molecule is Cc1ncc([N+](=O)[O-])cc1-c1nc(C2CNCCN2C)no1. The Labute approximate surface area is 126 Å². The average molecular weight is 304 g/mol. The van der Waals surface area contributed by atoms with Crippen LogP contribution in [0.4, 0.5) is 5.69 Å². The quantitative estimate of drug-likeness (QED) is 0.658. The predicted molar refractivity (Wildman–Crippen MR) is 77.2 cm³/mol. The van der Waals surface area contributed by atoms with Gasteiger partial charge in [0.05, 0.1) is 22.2 Å². The number of nitrogens with one attached hydrogen (secondary N) is 1. The van der Waals surface area contributed by atoms with E-state index in [4.69, 9.17) is 4.52 Å². The lowest BCUT2D eigenvalue weighted by atomic mass is 10.2. The van der Waals surface area contributed by atoms with E-state index in [1.54, 1.807) is 6.92 Å². The zero-order valence-corrected chi connectivity index (χ0v) is 12.3. The van der Waals surface area contributed by atoms with Gasteiger partial charge in [-0.25, -0.2) is 0 Å². The fourth-order valence-electron chi connectivity index (χ4n) is 2.41. The molecule has 116 valence electrons. The molecule has 0 aromatic carbocycles. The first kappa shape index (κ1) is 14.5. The summed E-state index contributed by atoms with van der Waals surface area (Å²) < 4.78 is 5.29. The van der Waals surface area contributed by atoms with E-state index in [0.29, 0.717) is 17.1 Å². The minimum atomic E-state index is -0.494. The number of hydrogen-bond acceptors (Lipinski definition) is 8. The van der Waals surface area contributed by atoms with E-state index in [9.17, 15) is 10.1 Å². The largest absolute Gasteiger partial charge is 0.334 e. The van der Waals surface area contributed by atoms with Gasteiger partial charge in [-0.05, 0) is 14.0 Å². The van der Waals surface area contributed by atoms with Crippen LogP contribution < -0.4 is 5.32 Å². The highest BCUT2D eigenvalue weighted by Crippen LogP contribution is 2.26. The lowest BCUT2D eigenvalue weighted by molar-refractivity contribution is -0.385. The molecule has 22 heavy (non-hydrogen) atoms. The molecule has 0 spiro atoms. The van der Waals surface area contributed by atoms with Crippen molar-refractivity contribution in [3.8, 4) is 11.5 Å². The molecule has 1 aliphatic rings. The molecule has 0 amide bonds. The van der Waals surface area contributed by atoms with Gasteiger partial charge in [-0.15, -0.1) is 0 Å². The zero-order valence-electron chi connectivity index (χ0n) is 12.3. The second-order valence-electron chi connectivity index (χ2n) is 5.24. The van der Waals surface area contributed by atoms with E-state index < -0.39 is 4.92 Å². The van der Waals surface area contributed by atoms with E-state index in [1.165, 1.54) is 12.3 Å². The first-order valence-electron chi connectivity index (χ1n) is 6.92. The number of aryl methyl sites for hydroxylation is 1. The third kappa shape index (κ3) is 2.68. The van der Waals surface area contributed by atoms with Gasteiger partial charge < -0.3 is 9.84 Å². The lowest BCUT2D eigenvalue weighted by Gasteiger charge is -2.30. The van der Waals surface area contributed by atoms with E-state index in [-0.39, 0.29) is 17.6 Å². The Morgan fingerprint density at radius 3 is 3.09 bits per heavy atom. The molecule has 3 rings (SSSR count). The van der Waals surface area contributed by atoms with Gasteiger partial charge in [0.1, 0.15) is 6.20 Å². The molecule has 9 heteroatoms. The van der Waals surface area contributed by atoms with Crippen molar-refractivity contribution in [1.29, 1.82) is 0 Å². The second kappa shape index (κ2) is 5.78. The van der Waals surface area contributed by atoms with Crippen molar-refractivity contribution < 1.29 is 9.45 Å². The van der Waals surface area contributed by atoms with Gasteiger partial charge in [0, 0.05) is 25.7 Å². The minimum absolute atomic E-state index is 0.0261. The second-order valence-corrected chi connectivity index (χ2v) is 5.24. The predicted octanol–water partition coefficient (Wildman–Crippen LogP) is 0.924. The Kier molecular flexibility index (Phi) is 3.82. The molecule has 0 aliphatic carbocycles. The highest BCUT2D eigenvalue weighted by atomic mass is 16.6. The number of rotatable bonds is 3. The molecule has 1 aliphatic heterocycles. The van der Waals surface area contributed by atoms with Gasteiger partial charge in [0.25, 0.3) is 11.6 Å². The summed E-state index contributed by atoms with van der Waals surface area (Å²) in [5.74, 6) is 0.818. The van der Waals surface area contributed by atoms with Crippen molar-refractivity contribution in [2.45, 2.75) is 13.0 Å². The summed E-state index contributed by atoms with van der Waals surface area (Å²) in [7, 11) is 2.00. The molecule has 0 radical (unpaired) electrons. The Balaban J connectivity index is 1.93. The van der Waals surface area contributed by atoms with Gasteiger partial charge in [-0.1, -0.05) is 5.16 Å². The number of nitro groups is 1. The highest BCUT2D eigenvalue weighted by molar-refractivity contribution is 5.59. The monoisotopic (exact) mass is 304 g/mol. The summed E-state index contributed by atoms with van der Waals surface area (Å²) in [6.45, 7) is 4.30. The fourth-order valence-corrected chi connectivity index (χ4v) is 2.41. The van der Waals surface area contributed by atoms with Crippen molar-refractivity contribution in [3.63, 3.8) is 0 Å². The molecule has 9 nitrogen and oxygen atoms in total. The van der Waals surface area contributed by atoms with Crippen molar-refractivity contribution >= 4 is 5.69 Å². The van der Waals surface area contributed by atoms with Crippen LogP contribution in [0.5, 0.6) is 0 Å². The summed E-state index contributed by atoms with van der Waals surface area (Å²) in [4.78, 5) is 20.9. The maximum absolute atomic E-state index is 10.9. The van der Waals surface area contributed by atoms with Crippen LogP contribution in [0.1, 0.15) is 17.6 Å². The first-order chi connectivity index (χ1) is 10.6. The van der Waals surface area contributed by atoms with Gasteiger partial charge in [-0.2, -0.15) is 4.98 Å². The standard InChI is InChI=1S/C13H16N6O3/c1-8-10(5-9(6-15-8)19(20)21)13-16-12(17-22-13)11-7-14-3-4-18(11)2/h5-6,11,14H,3-4,7H2,1-2H3. The lowest BCUT2D eigenvalue weighted by Crippen LogP contribution is -2.44. The van der Waals surface area contributed by atoms with E-state index in [0.717, 1.165) is 19.6 Å². The van der Waals surface area contributed by atoms with Crippen LogP contribution in [-0.2, 0) is 0 Å². The number of pyridine rings is 1. The number of likely N-dealkylation sites (N-methyl/N-ethyl adjacent to an activating group) is 1. The van der Waals surface area contributed by atoms with Crippen LogP contribution in [0.3, 0.4) is 0 Å². The first-order valence-corrected chi connectivity index (χ1v) is 6.92. The maximum Gasteiger partial charge on any atom is 0.288 e. The van der Waals surface area contributed by atoms with Crippen molar-refractivity contribution in [1.82, 2.24) is 25.3 Å². The molecule has 1 atom stereocenters. The molecule has 2 aromatic rings. The normalized spacial score (nSPS) is 19.3. The summed E-state index contributed by atoms with van der Waals surface area (Å²) in [6, 6.07) is 1.43. The molecule has 0 saturated carbocycles. The average Bonchev–Trinajstić information content (AvgIpc) is 2.97. The van der Waals surface area contributed by atoms with Gasteiger partial charge in [0.15, 0.2) is 5.82 Å². The van der Waals surface area contributed by atoms with Crippen LogP contribution in [0.25, 0.3) is 11.5 Å². The zero-order chi connectivity index (χ0) is 15.7. The van der Waals surface area contributed by atoms with Gasteiger partial charge >= 0.3 is 0 Å². The maximum atomic E-state index is 10.9. The van der Waals surface area contributed by atoms with Crippen molar-refractivity contribution in [3.05, 3.63) is 33.9 Å². The number of aromatic nitrogens is 3. The van der Waals surface area contributed by atoms with Crippen molar-refractivity contribution in [2.24, 2.45) is 0 Å². The van der Waals surface area contributed by atoms with E-state index in [1.807, 2.05) is 7.05 Å². The summed E-state index contributed by atoms with van der Waals surface area (Å²) in [6.07, 6.45) is 1.22. The van der Waals surface area contributed by atoms with Crippen LogP contribution in [0.2, 0.25) is 0 Å². The minimum Gasteiger partial charge on any atom is -0.334 e. The Morgan fingerprint density at radius 1 is 1.55 bits per heavy atom. The Bertz CT molecular complexity index is 701. The molecule has 2 aromatic heterocycles. The highest BCUT2D eigenvalue weighted by Gasteiger charge is 2.26. The topological polar surface area (TPSA) is 110 Å². The summed E-state index contributed by atoms with van der Waals surface area (Å²) >= 11 is 0. The smallest absolute Gasteiger partial charge is 0.288 e. The third-order valence-electron chi connectivity index (χ3n) is 3.76. The van der Waals surface area contributed by atoms with Crippen molar-refractivity contribution in [2.75, 3.05) is 26.7 Å². The molecule has 1 unspecified atom stereocenters. The van der Waals surface area contributed by atoms with E-state index >= 15 is 0 Å². The molecular formula is C13H16N6O3. The number of piperazine rings is 1. The fraction of sp³-hybridized carbons (Fsp3) is 0.462. The number of hydrogen-bond donors (Lipinski definition) is 1. The molecule has 1 saturated heterocycles. The third-order valence-corrected chi connectivity index (χ3v) is 3.76. The summed E-state index contributed by atoms with van der Waals surface area (Å²) in [5, 5.41) is 18.2. The Hall–Kier alpha value is -2.39. The van der Waals surface area contributed by atoms with Crippen LogP contribution >= 0.6 is 0 Å². The molecule has 1 N–H and O–H groups in total. The molecular weight excluding hydrogens is 288 g/mol. The van der Waals surface area contributed by atoms with Crippen LogP contribution in [0, 0.1) is 17.0 Å². The summed E-state index contributed by atoms with van der Waals surface area (Å²) in [5.41, 5.74) is 0.993. The molecule has 3 heterocycles. The van der Waals surface area contributed by atoms with E-state index in [2.05, 4.69) is 25.3 Å².